The third-order valence-electron chi connectivity index (χ3n) is 5.39. The molecule has 0 aromatic carbocycles. The van der Waals surface area contributed by atoms with E-state index in [2.05, 4.69) is 0 Å². The van der Waals surface area contributed by atoms with Crippen LogP contribution in [0.25, 0.3) is 0 Å². The molecule has 0 aliphatic heterocycles. The van der Waals surface area contributed by atoms with E-state index in [1.807, 2.05) is 26.0 Å². The third kappa shape index (κ3) is 4.98. The van der Waals surface area contributed by atoms with Crippen molar-refractivity contribution in [1.82, 2.24) is 0 Å². The largest absolute Gasteiger partial charge is 0.375 e. The average Bonchev–Trinajstić information content (AvgIpc) is 2.58. The van der Waals surface area contributed by atoms with Crippen molar-refractivity contribution >= 4 is 0 Å². The summed E-state index contributed by atoms with van der Waals surface area (Å²) in [6.07, 6.45) is 1.91. The van der Waals surface area contributed by atoms with E-state index in [0.29, 0.717) is 38.9 Å². The van der Waals surface area contributed by atoms with Crippen LogP contribution < -0.4 is 0 Å². The molecule has 2 fully saturated rings. The van der Waals surface area contributed by atoms with Crippen LogP contribution in [0.1, 0.15) is 52.4 Å². The summed E-state index contributed by atoms with van der Waals surface area (Å²) in [6, 6.07) is 0. The molecule has 24 heavy (non-hydrogen) atoms. The van der Waals surface area contributed by atoms with Crippen LogP contribution in [0.5, 0.6) is 0 Å². The van der Waals surface area contributed by atoms with Gasteiger partial charge in [-0.25, -0.2) is 13.2 Å². The van der Waals surface area contributed by atoms with E-state index in [-0.39, 0.29) is 12.3 Å². The molecule has 0 aromatic rings. The van der Waals surface area contributed by atoms with Crippen molar-refractivity contribution in [3.8, 4) is 0 Å². The summed E-state index contributed by atoms with van der Waals surface area (Å²) in [5, 5.41) is 0. The monoisotopic (exact) mass is 348 g/mol. The van der Waals surface area contributed by atoms with Gasteiger partial charge < -0.3 is 9.47 Å². The fourth-order valence-corrected chi connectivity index (χ4v) is 4.03. The van der Waals surface area contributed by atoms with E-state index in [4.69, 9.17) is 9.47 Å². The van der Waals surface area contributed by atoms with Crippen molar-refractivity contribution in [2.24, 2.45) is 11.8 Å². The highest BCUT2D eigenvalue weighted by Gasteiger charge is 2.46. The van der Waals surface area contributed by atoms with Crippen molar-refractivity contribution in [3.63, 3.8) is 0 Å². The standard InChI is InChI=1S/C19H31F3O2/c1-3-5-11-24-16-8-6-13(12-15(16)20)14-7-9-17(23-10-4-2)19(22)18(14)21/h3,5,13-19H,4,6-12H2,1-2H3. The van der Waals surface area contributed by atoms with Gasteiger partial charge in [0.2, 0.25) is 0 Å². The van der Waals surface area contributed by atoms with Crippen LogP contribution in [0, 0.1) is 11.8 Å². The normalized spacial score (nSPS) is 41.0. The minimum Gasteiger partial charge on any atom is -0.375 e. The van der Waals surface area contributed by atoms with Gasteiger partial charge in [0.25, 0.3) is 0 Å². The Morgan fingerprint density at radius 2 is 1.71 bits per heavy atom. The molecule has 0 radical (unpaired) electrons. The fourth-order valence-electron chi connectivity index (χ4n) is 4.03. The molecule has 0 heterocycles. The maximum atomic E-state index is 14.6. The molecule has 0 bridgehead atoms. The molecule has 0 saturated heterocycles. The van der Waals surface area contributed by atoms with Crippen molar-refractivity contribution in [3.05, 3.63) is 12.2 Å². The number of rotatable bonds is 7. The summed E-state index contributed by atoms with van der Waals surface area (Å²) in [5.74, 6) is -0.488. The van der Waals surface area contributed by atoms with Gasteiger partial charge in [0.15, 0.2) is 6.17 Å². The smallest absolute Gasteiger partial charge is 0.157 e. The van der Waals surface area contributed by atoms with Crippen molar-refractivity contribution < 1.29 is 22.6 Å². The summed E-state index contributed by atoms with van der Waals surface area (Å²) >= 11 is 0. The predicted molar refractivity (Wildman–Crippen MR) is 89.3 cm³/mol. The van der Waals surface area contributed by atoms with Crippen molar-refractivity contribution in [1.29, 1.82) is 0 Å². The average molecular weight is 348 g/mol. The summed E-state index contributed by atoms with van der Waals surface area (Å²) in [5.41, 5.74) is 0. The van der Waals surface area contributed by atoms with E-state index >= 15 is 0 Å². The van der Waals surface area contributed by atoms with Gasteiger partial charge in [0, 0.05) is 6.61 Å². The number of hydrogen-bond donors (Lipinski definition) is 0. The van der Waals surface area contributed by atoms with E-state index in [1.165, 1.54) is 0 Å². The van der Waals surface area contributed by atoms with E-state index in [9.17, 15) is 13.2 Å². The molecule has 7 atom stereocenters. The molecule has 2 rings (SSSR count). The lowest BCUT2D eigenvalue weighted by atomic mass is 9.70. The van der Waals surface area contributed by atoms with Crippen LogP contribution >= 0.6 is 0 Å². The Labute approximate surface area is 143 Å². The predicted octanol–water partition coefficient (Wildman–Crippen LogP) is 4.97. The first-order valence-electron chi connectivity index (χ1n) is 9.35. The maximum absolute atomic E-state index is 14.6. The Balaban J connectivity index is 1.85. The second kappa shape index (κ2) is 9.81. The Morgan fingerprint density at radius 1 is 0.958 bits per heavy atom. The minimum absolute atomic E-state index is 0.0954. The number of ether oxygens (including phenoxy) is 2. The lowest BCUT2D eigenvalue weighted by Crippen LogP contribution is -2.47. The van der Waals surface area contributed by atoms with Gasteiger partial charge in [-0.3, -0.25) is 0 Å². The molecule has 5 heteroatoms. The first-order valence-corrected chi connectivity index (χ1v) is 9.35. The van der Waals surface area contributed by atoms with Gasteiger partial charge in [-0.2, -0.15) is 0 Å². The number of halogens is 3. The topological polar surface area (TPSA) is 18.5 Å². The SMILES string of the molecule is CC=CCOC1CCC(C2CCC(OCCC)C(F)C2F)CC1F. The van der Waals surface area contributed by atoms with E-state index in [1.54, 1.807) is 0 Å². The number of allylic oxidation sites excluding steroid dienone is 1. The summed E-state index contributed by atoms with van der Waals surface area (Å²) in [6.45, 7) is 4.71. The fraction of sp³-hybridized carbons (Fsp3) is 0.895. The highest BCUT2D eigenvalue weighted by molar-refractivity contribution is 4.95. The zero-order chi connectivity index (χ0) is 17.5. The van der Waals surface area contributed by atoms with Gasteiger partial charge in [0.1, 0.15) is 12.3 Å². The molecule has 0 N–H and O–H groups in total. The molecule has 140 valence electrons. The zero-order valence-corrected chi connectivity index (χ0v) is 14.8. The van der Waals surface area contributed by atoms with Crippen molar-refractivity contribution in [2.75, 3.05) is 13.2 Å². The molecule has 2 nitrogen and oxygen atoms in total. The highest BCUT2D eigenvalue weighted by atomic mass is 19.2. The Bertz CT molecular complexity index is 391. The summed E-state index contributed by atoms with van der Waals surface area (Å²) in [7, 11) is 0. The molecular formula is C19H31F3O2. The highest BCUT2D eigenvalue weighted by Crippen LogP contribution is 2.42. The Kier molecular flexibility index (Phi) is 8.08. The quantitative estimate of drug-likeness (QED) is 0.605. The summed E-state index contributed by atoms with van der Waals surface area (Å²) < 4.78 is 54.2. The Morgan fingerprint density at radius 3 is 2.38 bits per heavy atom. The molecule has 0 aromatic heterocycles. The molecule has 7 unspecified atom stereocenters. The van der Waals surface area contributed by atoms with Gasteiger partial charge in [0.05, 0.1) is 18.8 Å². The minimum atomic E-state index is -1.59. The maximum Gasteiger partial charge on any atom is 0.157 e. The van der Waals surface area contributed by atoms with Crippen LogP contribution in [0.3, 0.4) is 0 Å². The molecule has 2 aliphatic rings. The lowest BCUT2D eigenvalue weighted by Gasteiger charge is -2.42. The molecule has 2 aliphatic carbocycles. The van der Waals surface area contributed by atoms with Gasteiger partial charge >= 0.3 is 0 Å². The van der Waals surface area contributed by atoms with E-state index in [0.717, 1.165) is 6.42 Å². The summed E-state index contributed by atoms with van der Waals surface area (Å²) in [4.78, 5) is 0. The van der Waals surface area contributed by atoms with Gasteiger partial charge in [-0.1, -0.05) is 19.1 Å². The zero-order valence-electron chi connectivity index (χ0n) is 14.8. The second-order valence-corrected chi connectivity index (χ2v) is 7.07. The van der Waals surface area contributed by atoms with Crippen LogP contribution in [0.2, 0.25) is 0 Å². The van der Waals surface area contributed by atoms with Crippen LogP contribution in [0.15, 0.2) is 12.2 Å². The lowest BCUT2D eigenvalue weighted by molar-refractivity contribution is -0.0976. The van der Waals surface area contributed by atoms with Crippen LogP contribution in [-0.2, 0) is 9.47 Å². The van der Waals surface area contributed by atoms with Crippen LogP contribution in [0.4, 0.5) is 13.2 Å². The van der Waals surface area contributed by atoms with Gasteiger partial charge in [-0.05, 0) is 57.3 Å². The molecule has 0 spiro atoms. The Hall–Kier alpha value is -0.550. The number of hydrogen-bond acceptors (Lipinski definition) is 2. The second-order valence-electron chi connectivity index (χ2n) is 7.07. The molecular weight excluding hydrogens is 317 g/mol. The van der Waals surface area contributed by atoms with Crippen LogP contribution in [-0.4, -0.2) is 43.9 Å². The number of alkyl halides is 3. The van der Waals surface area contributed by atoms with Crippen molar-refractivity contribution in [2.45, 2.75) is 83.1 Å². The van der Waals surface area contributed by atoms with Gasteiger partial charge in [-0.15, -0.1) is 0 Å². The third-order valence-corrected chi connectivity index (χ3v) is 5.39. The first kappa shape index (κ1) is 19.8. The van der Waals surface area contributed by atoms with E-state index < -0.39 is 36.6 Å². The molecule has 0 amide bonds. The molecule has 2 saturated carbocycles. The first-order chi connectivity index (χ1) is 11.6.